The van der Waals surface area contributed by atoms with Crippen LogP contribution in [0.4, 0.5) is 0 Å². The molecule has 0 radical (unpaired) electrons. The lowest BCUT2D eigenvalue weighted by Crippen LogP contribution is -2.39. The molecule has 6 heteroatoms. The highest BCUT2D eigenvalue weighted by Crippen LogP contribution is 2.32. The zero-order chi connectivity index (χ0) is 21.8. The summed E-state index contributed by atoms with van der Waals surface area (Å²) in [5.74, 6) is 0.424. The van der Waals surface area contributed by atoms with Crippen LogP contribution in [0.25, 0.3) is 11.1 Å². The van der Waals surface area contributed by atoms with Crippen molar-refractivity contribution < 1.29 is 9.53 Å². The van der Waals surface area contributed by atoms with Crippen molar-refractivity contribution >= 4 is 17.4 Å². The summed E-state index contributed by atoms with van der Waals surface area (Å²) in [7, 11) is 0. The van der Waals surface area contributed by atoms with Crippen LogP contribution in [0.15, 0.2) is 91.5 Å². The van der Waals surface area contributed by atoms with Gasteiger partial charge in [-0.05, 0) is 54.8 Å². The van der Waals surface area contributed by atoms with Crippen molar-refractivity contribution in [2.45, 2.75) is 25.5 Å². The number of rotatable bonds is 7. The van der Waals surface area contributed by atoms with E-state index in [1.54, 1.807) is 12.1 Å². The first-order valence-corrected chi connectivity index (χ1v) is 10.3. The van der Waals surface area contributed by atoms with Gasteiger partial charge in [-0.3, -0.25) is 4.79 Å². The van der Waals surface area contributed by atoms with Crippen LogP contribution in [-0.2, 0) is 10.2 Å². The molecule has 1 aromatic heterocycles. The quantitative estimate of drug-likeness (QED) is 0.375. The van der Waals surface area contributed by atoms with Gasteiger partial charge in [0.15, 0.2) is 0 Å². The second kappa shape index (κ2) is 8.74. The van der Waals surface area contributed by atoms with Crippen LogP contribution in [0.1, 0.15) is 25.6 Å². The van der Waals surface area contributed by atoms with Gasteiger partial charge in [0.25, 0.3) is 6.23 Å². The highest BCUT2D eigenvalue weighted by Gasteiger charge is 2.38. The standard InChI is InChI=1S/C25H22ClN3O2/c1-25(2,20-10-12-21(26)13-11-20)23(30)24(29-17-27-16-28-29)31-22-14-8-19(9-15-22)18-6-4-3-5-7-18/h3-17,24H,1-2H3. The Balaban J connectivity index is 1.62. The van der Waals surface area contributed by atoms with Crippen molar-refractivity contribution in [3.63, 3.8) is 0 Å². The van der Waals surface area contributed by atoms with E-state index < -0.39 is 11.6 Å². The smallest absolute Gasteiger partial charge is 0.252 e. The summed E-state index contributed by atoms with van der Waals surface area (Å²) in [6.45, 7) is 3.73. The zero-order valence-electron chi connectivity index (χ0n) is 17.3. The monoisotopic (exact) mass is 431 g/mol. The number of carbonyl (C=O) groups is 1. The maximum atomic E-state index is 13.6. The number of aromatic nitrogens is 3. The van der Waals surface area contributed by atoms with Crippen LogP contribution in [0, 0.1) is 0 Å². The highest BCUT2D eigenvalue weighted by atomic mass is 35.5. The average Bonchev–Trinajstić information content (AvgIpc) is 3.33. The summed E-state index contributed by atoms with van der Waals surface area (Å²) in [6, 6.07) is 25.0. The largest absolute Gasteiger partial charge is 0.461 e. The molecule has 4 aromatic rings. The van der Waals surface area contributed by atoms with E-state index in [2.05, 4.69) is 10.1 Å². The average molecular weight is 432 g/mol. The van der Waals surface area contributed by atoms with E-state index in [1.807, 2.05) is 80.6 Å². The third-order valence-electron chi connectivity index (χ3n) is 5.29. The molecule has 0 aliphatic heterocycles. The predicted octanol–water partition coefficient (Wildman–Crippen LogP) is 5.72. The second-order valence-corrected chi connectivity index (χ2v) is 8.17. The van der Waals surface area contributed by atoms with Gasteiger partial charge in [0.05, 0.1) is 5.41 Å². The first-order chi connectivity index (χ1) is 14.9. The molecule has 1 heterocycles. The van der Waals surface area contributed by atoms with E-state index in [0.29, 0.717) is 10.8 Å². The predicted molar refractivity (Wildman–Crippen MR) is 121 cm³/mol. The van der Waals surface area contributed by atoms with Crippen LogP contribution in [0.2, 0.25) is 5.02 Å². The van der Waals surface area contributed by atoms with Gasteiger partial charge in [-0.2, -0.15) is 5.10 Å². The molecule has 0 amide bonds. The van der Waals surface area contributed by atoms with Gasteiger partial charge in [-0.15, -0.1) is 0 Å². The molecule has 1 atom stereocenters. The van der Waals surface area contributed by atoms with Crippen molar-refractivity contribution in [1.82, 2.24) is 14.8 Å². The molecule has 1 unspecified atom stereocenters. The number of ketones is 1. The number of carbonyl (C=O) groups excluding carboxylic acids is 1. The molecule has 0 aliphatic carbocycles. The van der Waals surface area contributed by atoms with Crippen LogP contribution in [0.3, 0.4) is 0 Å². The molecule has 5 nitrogen and oxygen atoms in total. The Labute approximate surface area is 186 Å². The lowest BCUT2D eigenvalue weighted by molar-refractivity contribution is -0.135. The van der Waals surface area contributed by atoms with Crippen molar-refractivity contribution in [3.05, 3.63) is 102 Å². The highest BCUT2D eigenvalue weighted by molar-refractivity contribution is 6.30. The van der Waals surface area contributed by atoms with Crippen LogP contribution >= 0.6 is 11.6 Å². The lowest BCUT2D eigenvalue weighted by Gasteiger charge is -2.29. The van der Waals surface area contributed by atoms with Gasteiger partial charge in [0.2, 0.25) is 5.78 Å². The van der Waals surface area contributed by atoms with Crippen LogP contribution in [0.5, 0.6) is 5.75 Å². The summed E-state index contributed by atoms with van der Waals surface area (Å²) in [6.07, 6.45) is 1.91. The molecular formula is C25H22ClN3O2. The summed E-state index contributed by atoms with van der Waals surface area (Å²) in [5, 5.41) is 4.78. The Kier molecular flexibility index (Phi) is 5.87. The number of hydrogen-bond donors (Lipinski definition) is 0. The van der Waals surface area contributed by atoms with Crippen molar-refractivity contribution in [2.24, 2.45) is 0 Å². The van der Waals surface area contributed by atoms with E-state index in [9.17, 15) is 4.79 Å². The third-order valence-corrected chi connectivity index (χ3v) is 5.54. The van der Waals surface area contributed by atoms with Crippen LogP contribution in [-0.4, -0.2) is 20.5 Å². The van der Waals surface area contributed by atoms with Crippen molar-refractivity contribution in [3.8, 4) is 16.9 Å². The van der Waals surface area contributed by atoms with Gasteiger partial charge >= 0.3 is 0 Å². The minimum atomic E-state index is -0.962. The third kappa shape index (κ3) is 4.52. The van der Waals surface area contributed by atoms with E-state index in [0.717, 1.165) is 16.7 Å². The maximum Gasteiger partial charge on any atom is 0.252 e. The molecule has 0 spiro atoms. The molecule has 0 fully saturated rings. The molecule has 156 valence electrons. The number of ether oxygens (including phenoxy) is 1. The normalized spacial score (nSPS) is 12.4. The fourth-order valence-corrected chi connectivity index (χ4v) is 3.50. The summed E-state index contributed by atoms with van der Waals surface area (Å²) in [5.41, 5.74) is 2.19. The molecule has 3 aromatic carbocycles. The van der Waals surface area contributed by atoms with Crippen LogP contribution < -0.4 is 4.74 Å². The maximum absolute atomic E-state index is 13.6. The number of benzene rings is 3. The first kappa shape index (κ1) is 20.8. The van der Waals surface area contributed by atoms with Gasteiger partial charge in [-0.25, -0.2) is 9.67 Å². The Morgan fingerprint density at radius 3 is 2.19 bits per heavy atom. The molecule has 0 saturated carbocycles. The summed E-state index contributed by atoms with van der Waals surface area (Å²) < 4.78 is 7.56. The first-order valence-electron chi connectivity index (χ1n) is 9.92. The van der Waals surface area contributed by atoms with E-state index in [-0.39, 0.29) is 5.78 Å². The van der Waals surface area contributed by atoms with E-state index >= 15 is 0 Å². The van der Waals surface area contributed by atoms with Crippen molar-refractivity contribution in [1.29, 1.82) is 0 Å². The topological polar surface area (TPSA) is 57.0 Å². The van der Waals surface area contributed by atoms with E-state index in [4.69, 9.17) is 16.3 Å². The minimum absolute atomic E-state index is 0.146. The lowest BCUT2D eigenvalue weighted by atomic mass is 9.80. The molecule has 31 heavy (non-hydrogen) atoms. The minimum Gasteiger partial charge on any atom is -0.461 e. The van der Waals surface area contributed by atoms with Crippen molar-refractivity contribution in [2.75, 3.05) is 0 Å². The second-order valence-electron chi connectivity index (χ2n) is 7.73. The van der Waals surface area contributed by atoms with E-state index in [1.165, 1.54) is 17.3 Å². The Hall–Kier alpha value is -3.44. The Morgan fingerprint density at radius 2 is 1.58 bits per heavy atom. The van der Waals surface area contributed by atoms with Gasteiger partial charge in [0.1, 0.15) is 18.4 Å². The van der Waals surface area contributed by atoms with Gasteiger partial charge < -0.3 is 4.74 Å². The number of nitrogens with zero attached hydrogens (tertiary/aromatic N) is 3. The number of Topliss-reactive ketones (excluding diaryl/α,β-unsaturated/α-hetero) is 1. The fourth-order valence-electron chi connectivity index (χ4n) is 3.37. The molecule has 4 rings (SSSR count). The number of hydrogen-bond acceptors (Lipinski definition) is 4. The Bertz CT molecular complexity index is 1140. The Morgan fingerprint density at radius 1 is 0.935 bits per heavy atom. The fraction of sp³-hybridized carbons (Fsp3) is 0.160. The molecular weight excluding hydrogens is 410 g/mol. The summed E-state index contributed by atoms with van der Waals surface area (Å²) in [4.78, 5) is 17.6. The molecule has 0 bridgehead atoms. The molecule has 0 aliphatic rings. The number of halogens is 1. The van der Waals surface area contributed by atoms with Gasteiger partial charge in [0, 0.05) is 5.02 Å². The SMILES string of the molecule is CC(C)(C(=O)C(Oc1ccc(-c2ccccc2)cc1)n1cncn1)c1ccc(Cl)cc1. The molecule has 0 N–H and O–H groups in total. The molecule has 0 saturated heterocycles. The zero-order valence-corrected chi connectivity index (χ0v) is 18.0. The van der Waals surface area contributed by atoms with Gasteiger partial charge in [-0.1, -0.05) is 66.2 Å². The summed E-state index contributed by atoms with van der Waals surface area (Å²) >= 11 is 6.02.